The number of carbonyl (C=O) groups excluding carboxylic acids is 2. The van der Waals surface area contributed by atoms with Crippen molar-refractivity contribution in [3.05, 3.63) is 0 Å². The predicted molar refractivity (Wildman–Crippen MR) is 76.6 cm³/mol. The van der Waals surface area contributed by atoms with Gasteiger partial charge in [-0.05, 0) is 12.8 Å². The maximum Gasteiger partial charge on any atom is 0.148 e. The Morgan fingerprint density at radius 1 is 1.00 bits per heavy atom. The van der Waals surface area contributed by atoms with Gasteiger partial charge in [0.15, 0.2) is 0 Å². The Balaban J connectivity index is 4.88. The molecule has 0 N–H and O–H groups in total. The van der Waals surface area contributed by atoms with Crippen LogP contribution in [0.25, 0.3) is 0 Å². The number of Topliss-reactive ketones (excluding diaryl/α,β-unsaturated/α-hetero) is 2. The fraction of sp³-hybridized carbons (Fsp3) is 0.875. The largest absolute Gasteiger partial charge is 0.299 e. The zero-order valence-corrected chi connectivity index (χ0v) is 13.0. The number of hydrogen-bond acceptors (Lipinski definition) is 2. The summed E-state index contributed by atoms with van der Waals surface area (Å²) in [5.74, 6) is -0.0937. The molecule has 0 bridgehead atoms. The standard InChI is InChI=1S/C16H30O2/c1-7-9-11-13(15(18)16(4,5)6)14(17)12(3)10-8-2/h12-13H,7-11H2,1-6H3. The molecule has 2 atom stereocenters. The van der Waals surface area contributed by atoms with Crippen LogP contribution in [-0.2, 0) is 9.59 Å². The van der Waals surface area contributed by atoms with Crippen LogP contribution in [0.1, 0.15) is 73.6 Å². The first kappa shape index (κ1) is 17.3. The van der Waals surface area contributed by atoms with Crippen molar-refractivity contribution in [1.82, 2.24) is 0 Å². The SMILES string of the molecule is CCCCC(C(=O)C(C)CCC)C(=O)C(C)(C)C. The molecule has 0 radical (unpaired) electrons. The van der Waals surface area contributed by atoms with Crippen molar-refractivity contribution in [3.8, 4) is 0 Å². The smallest absolute Gasteiger partial charge is 0.148 e. The van der Waals surface area contributed by atoms with Crippen LogP contribution in [-0.4, -0.2) is 11.6 Å². The van der Waals surface area contributed by atoms with Gasteiger partial charge in [-0.3, -0.25) is 9.59 Å². The average Bonchev–Trinajstić information content (AvgIpc) is 2.28. The molecule has 18 heavy (non-hydrogen) atoms. The van der Waals surface area contributed by atoms with Gasteiger partial charge in [0.25, 0.3) is 0 Å². The van der Waals surface area contributed by atoms with Crippen molar-refractivity contribution in [2.24, 2.45) is 17.3 Å². The second kappa shape index (κ2) is 7.70. The van der Waals surface area contributed by atoms with E-state index >= 15 is 0 Å². The highest BCUT2D eigenvalue weighted by molar-refractivity contribution is 6.05. The van der Waals surface area contributed by atoms with Crippen LogP contribution in [0, 0.1) is 17.3 Å². The number of rotatable bonds is 8. The minimum absolute atomic E-state index is 0.0168. The highest BCUT2D eigenvalue weighted by Crippen LogP contribution is 2.27. The lowest BCUT2D eigenvalue weighted by Crippen LogP contribution is -2.36. The molecule has 0 rings (SSSR count). The second-order valence-electron chi connectivity index (χ2n) is 6.40. The summed E-state index contributed by atoms with van der Waals surface area (Å²) in [6, 6.07) is 0. The average molecular weight is 254 g/mol. The quantitative estimate of drug-likeness (QED) is 0.601. The van der Waals surface area contributed by atoms with Gasteiger partial charge in [-0.2, -0.15) is 0 Å². The summed E-state index contributed by atoms with van der Waals surface area (Å²) >= 11 is 0. The van der Waals surface area contributed by atoms with Crippen molar-refractivity contribution >= 4 is 11.6 Å². The number of unbranched alkanes of at least 4 members (excludes halogenated alkanes) is 1. The van der Waals surface area contributed by atoms with E-state index in [0.29, 0.717) is 0 Å². The topological polar surface area (TPSA) is 34.1 Å². The minimum atomic E-state index is -0.417. The summed E-state index contributed by atoms with van der Waals surface area (Å²) in [4.78, 5) is 24.8. The predicted octanol–water partition coefficient (Wildman–Crippen LogP) is 4.41. The molecule has 0 heterocycles. The molecular formula is C16H30O2. The number of ketones is 2. The molecule has 0 saturated heterocycles. The van der Waals surface area contributed by atoms with Gasteiger partial charge < -0.3 is 0 Å². The van der Waals surface area contributed by atoms with Crippen molar-refractivity contribution in [3.63, 3.8) is 0 Å². The molecule has 106 valence electrons. The van der Waals surface area contributed by atoms with Crippen LogP contribution in [0.2, 0.25) is 0 Å². The summed E-state index contributed by atoms with van der Waals surface area (Å²) in [5.41, 5.74) is -0.417. The van der Waals surface area contributed by atoms with E-state index in [-0.39, 0.29) is 23.4 Å². The van der Waals surface area contributed by atoms with E-state index in [1.165, 1.54) is 0 Å². The van der Waals surface area contributed by atoms with E-state index in [9.17, 15) is 9.59 Å². The van der Waals surface area contributed by atoms with E-state index in [1.807, 2.05) is 27.7 Å². The molecule has 0 saturated carbocycles. The fourth-order valence-corrected chi connectivity index (χ4v) is 2.25. The fourth-order valence-electron chi connectivity index (χ4n) is 2.25. The summed E-state index contributed by atoms with van der Waals surface area (Å²) in [5, 5.41) is 0. The van der Waals surface area contributed by atoms with E-state index in [4.69, 9.17) is 0 Å². The monoisotopic (exact) mass is 254 g/mol. The maximum absolute atomic E-state index is 12.4. The molecule has 0 amide bonds. The summed E-state index contributed by atoms with van der Waals surface area (Å²) in [6.45, 7) is 11.9. The van der Waals surface area contributed by atoms with Gasteiger partial charge in [0.2, 0.25) is 0 Å². The van der Waals surface area contributed by atoms with Crippen LogP contribution >= 0.6 is 0 Å². The molecule has 0 fully saturated rings. The molecule has 0 aliphatic heterocycles. The van der Waals surface area contributed by atoms with Crippen LogP contribution in [0.3, 0.4) is 0 Å². The van der Waals surface area contributed by atoms with Gasteiger partial charge in [0, 0.05) is 11.3 Å². The van der Waals surface area contributed by atoms with Gasteiger partial charge in [-0.25, -0.2) is 0 Å². The zero-order valence-electron chi connectivity index (χ0n) is 13.0. The molecule has 0 aromatic rings. The van der Waals surface area contributed by atoms with E-state index in [0.717, 1.165) is 32.1 Å². The van der Waals surface area contributed by atoms with Gasteiger partial charge in [-0.1, -0.05) is 60.8 Å². The third-order valence-electron chi connectivity index (χ3n) is 3.45. The highest BCUT2D eigenvalue weighted by atomic mass is 16.2. The molecule has 0 aliphatic carbocycles. The molecule has 0 spiro atoms. The van der Waals surface area contributed by atoms with Crippen molar-refractivity contribution in [2.75, 3.05) is 0 Å². The third kappa shape index (κ3) is 5.32. The van der Waals surface area contributed by atoms with Crippen molar-refractivity contribution in [2.45, 2.75) is 73.6 Å². The summed E-state index contributed by atoms with van der Waals surface area (Å²) in [7, 11) is 0. The van der Waals surface area contributed by atoms with Gasteiger partial charge >= 0.3 is 0 Å². The summed E-state index contributed by atoms with van der Waals surface area (Å²) in [6.07, 6.45) is 4.59. The normalized spacial score (nSPS) is 15.2. The van der Waals surface area contributed by atoms with Crippen LogP contribution in [0.4, 0.5) is 0 Å². The van der Waals surface area contributed by atoms with E-state index < -0.39 is 5.41 Å². The first-order chi connectivity index (χ1) is 8.25. The Morgan fingerprint density at radius 3 is 1.94 bits per heavy atom. The first-order valence-electron chi connectivity index (χ1n) is 7.33. The number of carbonyl (C=O) groups is 2. The maximum atomic E-state index is 12.4. The Kier molecular flexibility index (Phi) is 7.42. The highest BCUT2D eigenvalue weighted by Gasteiger charge is 2.35. The molecule has 2 heteroatoms. The Morgan fingerprint density at radius 2 is 1.56 bits per heavy atom. The third-order valence-corrected chi connectivity index (χ3v) is 3.45. The van der Waals surface area contributed by atoms with E-state index in [2.05, 4.69) is 13.8 Å². The van der Waals surface area contributed by atoms with Gasteiger partial charge in [0.05, 0.1) is 5.92 Å². The summed E-state index contributed by atoms with van der Waals surface area (Å²) < 4.78 is 0. The number of hydrogen-bond donors (Lipinski definition) is 0. The molecule has 0 aromatic carbocycles. The minimum Gasteiger partial charge on any atom is -0.299 e. The van der Waals surface area contributed by atoms with Crippen molar-refractivity contribution in [1.29, 1.82) is 0 Å². The lowest BCUT2D eigenvalue weighted by molar-refractivity contribution is -0.139. The lowest BCUT2D eigenvalue weighted by Gasteiger charge is -2.25. The Labute approximate surface area is 113 Å². The zero-order chi connectivity index (χ0) is 14.3. The van der Waals surface area contributed by atoms with Gasteiger partial charge in [0.1, 0.15) is 11.6 Å². The van der Waals surface area contributed by atoms with E-state index in [1.54, 1.807) is 0 Å². The lowest BCUT2D eigenvalue weighted by atomic mass is 9.76. The van der Waals surface area contributed by atoms with Crippen molar-refractivity contribution < 1.29 is 9.59 Å². The second-order valence-corrected chi connectivity index (χ2v) is 6.40. The molecule has 2 unspecified atom stereocenters. The van der Waals surface area contributed by atoms with Gasteiger partial charge in [-0.15, -0.1) is 0 Å². The first-order valence-corrected chi connectivity index (χ1v) is 7.33. The van der Waals surface area contributed by atoms with Crippen LogP contribution < -0.4 is 0 Å². The molecular weight excluding hydrogens is 224 g/mol. The molecule has 0 aromatic heterocycles. The molecule has 2 nitrogen and oxygen atoms in total. The molecule has 0 aliphatic rings. The van der Waals surface area contributed by atoms with Crippen LogP contribution in [0.5, 0.6) is 0 Å². The van der Waals surface area contributed by atoms with Crippen LogP contribution in [0.15, 0.2) is 0 Å². The Bertz CT molecular complexity index is 273. The Hall–Kier alpha value is -0.660.